The number of amides is 1. The second-order valence-electron chi connectivity index (χ2n) is 5.50. The summed E-state index contributed by atoms with van der Waals surface area (Å²) in [4.78, 5) is 16.5. The molecule has 0 aliphatic rings. The van der Waals surface area contributed by atoms with Crippen LogP contribution in [0.3, 0.4) is 0 Å². The molecule has 0 atom stereocenters. The highest BCUT2D eigenvalue weighted by Crippen LogP contribution is 2.25. The zero-order chi connectivity index (χ0) is 17.9. The van der Waals surface area contributed by atoms with Crippen molar-refractivity contribution in [1.82, 2.24) is 25.4 Å². The van der Waals surface area contributed by atoms with Crippen LogP contribution in [-0.4, -0.2) is 31.3 Å². The standard InChI is InChI=1S/C18H13FN6O/c19-14-4-2-1-3-12(14)17-13(10-21-25-17)18(26)22-16-9-15(23-24-16)11-5-7-20-8-6-11/h1-10H,(H,21,25)(H2,22,23,24,26). The van der Waals surface area contributed by atoms with Gasteiger partial charge in [0.15, 0.2) is 5.82 Å². The topological polar surface area (TPSA) is 99.3 Å². The summed E-state index contributed by atoms with van der Waals surface area (Å²) in [6.45, 7) is 0. The van der Waals surface area contributed by atoms with Crippen LogP contribution >= 0.6 is 0 Å². The largest absolute Gasteiger partial charge is 0.305 e. The van der Waals surface area contributed by atoms with E-state index >= 15 is 0 Å². The Morgan fingerprint density at radius 3 is 2.69 bits per heavy atom. The van der Waals surface area contributed by atoms with E-state index in [4.69, 9.17) is 0 Å². The van der Waals surface area contributed by atoms with Crippen molar-refractivity contribution in [2.24, 2.45) is 0 Å². The first-order valence-corrected chi connectivity index (χ1v) is 7.78. The van der Waals surface area contributed by atoms with Crippen LogP contribution in [0.2, 0.25) is 0 Å². The Morgan fingerprint density at radius 1 is 1.08 bits per heavy atom. The third-order valence-electron chi connectivity index (χ3n) is 3.84. The van der Waals surface area contributed by atoms with E-state index in [9.17, 15) is 9.18 Å². The first-order chi connectivity index (χ1) is 12.7. The molecular weight excluding hydrogens is 335 g/mol. The van der Waals surface area contributed by atoms with Gasteiger partial charge in [0, 0.05) is 29.6 Å². The molecule has 0 spiro atoms. The Bertz CT molecular complexity index is 1060. The number of aromatic amines is 2. The van der Waals surface area contributed by atoms with Crippen LogP contribution in [0.1, 0.15) is 10.4 Å². The van der Waals surface area contributed by atoms with Gasteiger partial charge in [-0.25, -0.2) is 4.39 Å². The highest BCUT2D eigenvalue weighted by atomic mass is 19.1. The fourth-order valence-corrected chi connectivity index (χ4v) is 2.58. The molecule has 7 nitrogen and oxygen atoms in total. The van der Waals surface area contributed by atoms with Gasteiger partial charge in [-0.1, -0.05) is 12.1 Å². The van der Waals surface area contributed by atoms with Crippen molar-refractivity contribution in [3.63, 3.8) is 0 Å². The fraction of sp³-hybridized carbons (Fsp3) is 0. The van der Waals surface area contributed by atoms with Crippen LogP contribution in [0.15, 0.2) is 61.1 Å². The quantitative estimate of drug-likeness (QED) is 0.527. The number of nitrogens with one attached hydrogen (secondary N) is 3. The molecule has 8 heteroatoms. The Labute approximate surface area is 147 Å². The normalized spacial score (nSPS) is 10.7. The summed E-state index contributed by atoms with van der Waals surface area (Å²) >= 11 is 0. The molecule has 0 saturated heterocycles. The second kappa shape index (κ2) is 6.60. The van der Waals surface area contributed by atoms with Crippen molar-refractivity contribution in [2.75, 3.05) is 5.32 Å². The van der Waals surface area contributed by atoms with Crippen LogP contribution in [0, 0.1) is 5.82 Å². The van der Waals surface area contributed by atoms with E-state index in [0.717, 1.165) is 11.3 Å². The van der Waals surface area contributed by atoms with Gasteiger partial charge in [-0.05, 0) is 24.3 Å². The van der Waals surface area contributed by atoms with Gasteiger partial charge >= 0.3 is 0 Å². The van der Waals surface area contributed by atoms with E-state index in [1.54, 1.807) is 36.7 Å². The van der Waals surface area contributed by atoms with E-state index in [0.29, 0.717) is 11.5 Å². The molecule has 4 aromatic rings. The molecule has 3 heterocycles. The highest BCUT2D eigenvalue weighted by Gasteiger charge is 2.18. The van der Waals surface area contributed by atoms with Gasteiger partial charge in [0.1, 0.15) is 5.82 Å². The summed E-state index contributed by atoms with van der Waals surface area (Å²) in [6, 6.07) is 11.5. The van der Waals surface area contributed by atoms with E-state index in [1.807, 2.05) is 12.1 Å². The summed E-state index contributed by atoms with van der Waals surface area (Å²) in [5.74, 6) is -0.530. The molecule has 0 bridgehead atoms. The summed E-state index contributed by atoms with van der Waals surface area (Å²) in [7, 11) is 0. The van der Waals surface area contributed by atoms with Crippen molar-refractivity contribution >= 4 is 11.7 Å². The van der Waals surface area contributed by atoms with Crippen LogP contribution in [0.25, 0.3) is 22.5 Å². The van der Waals surface area contributed by atoms with E-state index in [-0.39, 0.29) is 11.1 Å². The molecule has 0 aliphatic carbocycles. The number of pyridine rings is 1. The maximum absolute atomic E-state index is 14.0. The van der Waals surface area contributed by atoms with Crippen molar-refractivity contribution in [3.8, 4) is 22.5 Å². The molecule has 3 aromatic heterocycles. The summed E-state index contributed by atoms with van der Waals surface area (Å²) in [6.07, 6.45) is 4.69. The fourth-order valence-electron chi connectivity index (χ4n) is 2.58. The lowest BCUT2D eigenvalue weighted by molar-refractivity contribution is 0.102. The predicted molar refractivity (Wildman–Crippen MR) is 93.8 cm³/mol. The number of hydrogen-bond donors (Lipinski definition) is 3. The Balaban J connectivity index is 1.58. The molecule has 0 fully saturated rings. The zero-order valence-corrected chi connectivity index (χ0v) is 13.4. The third kappa shape index (κ3) is 2.95. The SMILES string of the molecule is O=C(Nc1cc(-c2ccncc2)[nH]n1)c1cn[nH]c1-c1ccccc1F. The Morgan fingerprint density at radius 2 is 1.88 bits per heavy atom. The number of H-pyrrole nitrogens is 2. The summed E-state index contributed by atoms with van der Waals surface area (Å²) < 4.78 is 14.0. The van der Waals surface area contributed by atoms with Gasteiger partial charge < -0.3 is 5.32 Å². The van der Waals surface area contributed by atoms with Crippen LogP contribution in [0.5, 0.6) is 0 Å². The number of nitrogens with zero attached hydrogens (tertiary/aromatic N) is 3. The number of carbonyl (C=O) groups excluding carboxylic acids is 1. The molecule has 0 radical (unpaired) electrons. The predicted octanol–water partition coefficient (Wildman–Crippen LogP) is 3.25. The maximum Gasteiger partial charge on any atom is 0.260 e. The molecule has 1 aromatic carbocycles. The lowest BCUT2D eigenvalue weighted by Crippen LogP contribution is -2.12. The minimum atomic E-state index is -0.440. The van der Waals surface area contributed by atoms with E-state index in [1.165, 1.54) is 12.3 Å². The number of halogens is 1. The first kappa shape index (κ1) is 15.7. The van der Waals surface area contributed by atoms with Gasteiger partial charge in [-0.2, -0.15) is 10.2 Å². The molecule has 26 heavy (non-hydrogen) atoms. The average molecular weight is 348 g/mol. The lowest BCUT2D eigenvalue weighted by atomic mass is 10.1. The minimum absolute atomic E-state index is 0.226. The van der Waals surface area contributed by atoms with Crippen molar-refractivity contribution in [2.45, 2.75) is 0 Å². The smallest absolute Gasteiger partial charge is 0.260 e. The van der Waals surface area contributed by atoms with Crippen LogP contribution in [0.4, 0.5) is 10.2 Å². The number of anilines is 1. The number of carbonyl (C=O) groups is 1. The number of benzene rings is 1. The average Bonchev–Trinajstić information content (AvgIpc) is 3.32. The van der Waals surface area contributed by atoms with Crippen molar-refractivity contribution < 1.29 is 9.18 Å². The number of hydrogen-bond acceptors (Lipinski definition) is 4. The zero-order valence-electron chi connectivity index (χ0n) is 13.4. The van der Waals surface area contributed by atoms with Gasteiger partial charge in [0.2, 0.25) is 0 Å². The third-order valence-corrected chi connectivity index (χ3v) is 3.84. The molecule has 128 valence electrons. The summed E-state index contributed by atoms with van der Waals surface area (Å²) in [5.41, 5.74) is 2.44. The Hall–Kier alpha value is -3.81. The Kier molecular flexibility index (Phi) is 3.98. The maximum atomic E-state index is 14.0. The van der Waals surface area contributed by atoms with Crippen LogP contribution < -0.4 is 5.32 Å². The van der Waals surface area contributed by atoms with Gasteiger partial charge in [-0.15, -0.1) is 0 Å². The minimum Gasteiger partial charge on any atom is -0.305 e. The van der Waals surface area contributed by atoms with E-state index in [2.05, 4.69) is 30.7 Å². The molecule has 0 saturated carbocycles. The van der Waals surface area contributed by atoms with Crippen LogP contribution in [-0.2, 0) is 0 Å². The molecule has 0 unspecified atom stereocenters. The van der Waals surface area contributed by atoms with E-state index < -0.39 is 11.7 Å². The number of rotatable bonds is 4. The summed E-state index contributed by atoms with van der Waals surface area (Å²) in [5, 5.41) is 16.2. The second-order valence-corrected chi connectivity index (χ2v) is 5.50. The monoisotopic (exact) mass is 348 g/mol. The van der Waals surface area contributed by atoms with Crippen molar-refractivity contribution in [3.05, 3.63) is 72.4 Å². The molecule has 0 aliphatic heterocycles. The highest BCUT2D eigenvalue weighted by molar-refractivity contribution is 6.07. The molecule has 1 amide bonds. The molecule has 3 N–H and O–H groups in total. The van der Waals surface area contributed by atoms with Crippen molar-refractivity contribution in [1.29, 1.82) is 0 Å². The van der Waals surface area contributed by atoms with Gasteiger partial charge in [0.05, 0.1) is 23.1 Å². The van der Waals surface area contributed by atoms with Gasteiger partial charge in [0.25, 0.3) is 5.91 Å². The molecule has 4 rings (SSSR count). The lowest BCUT2D eigenvalue weighted by Gasteiger charge is -2.04. The first-order valence-electron chi connectivity index (χ1n) is 7.78. The van der Waals surface area contributed by atoms with Gasteiger partial charge in [-0.3, -0.25) is 20.0 Å². The molecular formula is C18H13FN6O. The number of aromatic nitrogens is 5.